The number of benzene rings is 2. The van der Waals surface area contributed by atoms with E-state index in [0.717, 1.165) is 30.8 Å². The van der Waals surface area contributed by atoms with Crippen molar-refractivity contribution in [2.24, 2.45) is 17.8 Å². The van der Waals surface area contributed by atoms with Crippen LogP contribution in [0.2, 0.25) is 0 Å². The summed E-state index contributed by atoms with van der Waals surface area (Å²) in [5.74, 6) is 2.87. The molecule has 31 heavy (non-hydrogen) atoms. The first-order chi connectivity index (χ1) is 15.1. The van der Waals surface area contributed by atoms with Crippen LogP contribution in [0.1, 0.15) is 69.1 Å². The molecule has 2 aliphatic heterocycles. The van der Waals surface area contributed by atoms with Gasteiger partial charge in [0, 0.05) is 0 Å². The highest BCUT2D eigenvalue weighted by Gasteiger charge is 2.39. The van der Waals surface area contributed by atoms with Gasteiger partial charge in [0.05, 0.1) is 0 Å². The molecule has 0 radical (unpaired) electrons. The van der Waals surface area contributed by atoms with E-state index in [1.807, 2.05) is 0 Å². The molecule has 2 aromatic rings. The molecule has 0 spiro atoms. The number of piperidine rings is 2. The van der Waals surface area contributed by atoms with E-state index >= 15 is 0 Å². The summed E-state index contributed by atoms with van der Waals surface area (Å²) in [6, 6.07) is 20.7. The van der Waals surface area contributed by atoms with Crippen LogP contribution < -0.4 is 10.6 Å². The lowest BCUT2D eigenvalue weighted by atomic mass is 9.62. The molecule has 2 unspecified atom stereocenters. The standard InChI is InChI=1S/C29H42N2/c1-22(23-13-17-30-18-14-23)21-26-11-7-8-12-27(26)29(2,3)28(24-9-5-4-6-10-24)25-15-19-31-20-16-25/h4-12,22-23,25,28,30-31H,13-21H2,1-3H3. The maximum atomic E-state index is 3.58. The lowest BCUT2D eigenvalue weighted by Crippen LogP contribution is -2.39. The first kappa shape index (κ1) is 22.6. The summed E-state index contributed by atoms with van der Waals surface area (Å²) in [6.07, 6.45) is 6.41. The van der Waals surface area contributed by atoms with E-state index in [4.69, 9.17) is 0 Å². The minimum Gasteiger partial charge on any atom is -0.317 e. The molecule has 2 heterocycles. The van der Waals surface area contributed by atoms with E-state index < -0.39 is 0 Å². The Kier molecular flexibility index (Phi) is 7.51. The van der Waals surface area contributed by atoms with Gasteiger partial charge in [0.2, 0.25) is 0 Å². The van der Waals surface area contributed by atoms with Crippen molar-refractivity contribution in [3.63, 3.8) is 0 Å². The molecular weight excluding hydrogens is 376 g/mol. The topological polar surface area (TPSA) is 24.1 Å². The van der Waals surface area contributed by atoms with Crippen molar-refractivity contribution in [2.75, 3.05) is 26.2 Å². The van der Waals surface area contributed by atoms with Crippen LogP contribution in [0.5, 0.6) is 0 Å². The minimum absolute atomic E-state index is 0.105. The summed E-state index contributed by atoms with van der Waals surface area (Å²) < 4.78 is 0. The lowest BCUT2D eigenvalue weighted by Gasteiger charge is -2.43. The van der Waals surface area contributed by atoms with Crippen LogP contribution in [0, 0.1) is 17.8 Å². The van der Waals surface area contributed by atoms with Gasteiger partial charge in [-0.1, -0.05) is 75.4 Å². The highest BCUT2D eigenvalue weighted by Crippen LogP contribution is 2.47. The lowest BCUT2D eigenvalue weighted by molar-refractivity contribution is 0.238. The average molecular weight is 419 g/mol. The van der Waals surface area contributed by atoms with Crippen LogP contribution in [-0.4, -0.2) is 26.2 Å². The number of hydrogen-bond acceptors (Lipinski definition) is 2. The van der Waals surface area contributed by atoms with Gasteiger partial charge in [-0.2, -0.15) is 0 Å². The summed E-state index contributed by atoms with van der Waals surface area (Å²) in [7, 11) is 0. The third kappa shape index (κ3) is 5.23. The Morgan fingerprint density at radius 1 is 0.774 bits per heavy atom. The second-order valence-corrected chi connectivity index (χ2v) is 10.6. The summed E-state index contributed by atoms with van der Waals surface area (Å²) in [5, 5.41) is 7.11. The van der Waals surface area contributed by atoms with Crippen LogP contribution in [0.3, 0.4) is 0 Å². The zero-order chi connectivity index (χ0) is 21.7. The smallest absolute Gasteiger partial charge is 0.00295 e. The fourth-order valence-corrected chi connectivity index (χ4v) is 6.54. The fraction of sp³-hybridized carbons (Fsp3) is 0.586. The van der Waals surface area contributed by atoms with Gasteiger partial charge in [-0.15, -0.1) is 0 Å². The third-order valence-electron chi connectivity index (χ3n) is 8.23. The van der Waals surface area contributed by atoms with Crippen LogP contribution in [-0.2, 0) is 11.8 Å². The number of rotatable bonds is 7. The van der Waals surface area contributed by atoms with Gasteiger partial charge in [-0.25, -0.2) is 0 Å². The summed E-state index contributed by atoms with van der Waals surface area (Å²) in [6.45, 7) is 12.2. The van der Waals surface area contributed by atoms with Gasteiger partial charge in [0.25, 0.3) is 0 Å². The summed E-state index contributed by atoms with van der Waals surface area (Å²) in [4.78, 5) is 0. The van der Waals surface area contributed by atoms with Crippen molar-refractivity contribution < 1.29 is 0 Å². The average Bonchev–Trinajstić information content (AvgIpc) is 2.81. The molecule has 2 heteroatoms. The van der Waals surface area contributed by atoms with Gasteiger partial charge in [-0.05, 0) is 104 Å². The van der Waals surface area contributed by atoms with E-state index in [-0.39, 0.29) is 5.41 Å². The molecule has 2 atom stereocenters. The van der Waals surface area contributed by atoms with Crippen LogP contribution in [0.25, 0.3) is 0 Å². The Balaban J connectivity index is 1.65. The third-order valence-corrected chi connectivity index (χ3v) is 8.23. The van der Waals surface area contributed by atoms with E-state index in [1.165, 1.54) is 50.8 Å². The minimum atomic E-state index is 0.105. The van der Waals surface area contributed by atoms with Crippen LogP contribution >= 0.6 is 0 Å². The molecule has 2 N–H and O–H groups in total. The highest BCUT2D eigenvalue weighted by atomic mass is 14.9. The Labute approximate surface area is 190 Å². The monoisotopic (exact) mass is 418 g/mol. The summed E-state index contributed by atoms with van der Waals surface area (Å²) in [5.41, 5.74) is 4.77. The van der Waals surface area contributed by atoms with E-state index in [2.05, 4.69) is 86.0 Å². The maximum absolute atomic E-state index is 3.58. The molecule has 4 rings (SSSR count). The van der Waals surface area contributed by atoms with Crippen molar-refractivity contribution in [1.29, 1.82) is 0 Å². The largest absolute Gasteiger partial charge is 0.317 e. The zero-order valence-corrected chi connectivity index (χ0v) is 19.9. The molecule has 2 nitrogen and oxygen atoms in total. The second-order valence-electron chi connectivity index (χ2n) is 10.6. The summed E-state index contributed by atoms with van der Waals surface area (Å²) >= 11 is 0. The molecule has 2 fully saturated rings. The normalized spacial score (nSPS) is 21.0. The Hall–Kier alpha value is -1.64. The Morgan fingerprint density at radius 3 is 1.97 bits per heavy atom. The van der Waals surface area contributed by atoms with Gasteiger partial charge in [0.15, 0.2) is 0 Å². The number of hydrogen-bond donors (Lipinski definition) is 2. The predicted octanol–water partition coefficient (Wildman–Crippen LogP) is 5.93. The molecule has 0 saturated carbocycles. The SMILES string of the molecule is CC(Cc1ccccc1C(C)(C)C(c1ccccc1)C1CCNCC1)C1CCNCC1. The Morgan fingerprint density at radius 2 is 1.32 bits per heavy atom. The predicted molar refractivity (Wildman–Crippen MR) is 133 cm³/mol. The van der Waals surface area contributed by atoms with Crippen LogP contribution in [0.4, 0.5) is 0 Å². The number of nitrogens with one attached hydrogen (secondary N) is 2. The first-order valence-corrected chi connectivity index (χ1v) is 12.6. The van der Waals surface area contributed by atoms with Gasteiger partial charge in [-0.3, -0.25) is 0 Å². The van der Waals surface area contributed by atoms with Crippen molar-refractivity contribution in [3.05, 3.63) is 71.3 Å². The van der Waals surface area contributed by atoms with Gasteiger partial charge < -0.3 is 10.6 Å². The molecular formula is C29H42N2. The van der Waals surface area contributed by atoms with Crippen LogP contribution in [0.15, 0.2) is 54.6 Å². The van der Waals surface area contributed by atoms with Gasteiger partial charge >= 0.3 is 0 Å². The highest BCUT2D eigenvalue weighted by molar-refractivity contribution is 5.39. The van der Waals surface area contributed by atoms with Crippen molar-refractivity contribution >= 4 is 0 Å². The molecule has 2 saturated heterocycles. The van der Waals surface area contributed by atoms with Gasteiger partial charge in [0.1, 0.15) is 0 Å². The second kappa shape index (κ2) is 10.3. The molecule has 0 amide bonds. The molecule has 168 valence electrons. The molecule has 0 aliphatic carbocycles. The molecule has 2 aliphatic rings. The molecule has 0 aromatic heterocycles. The maximum Gasteiger partial charge on any atom is -0.00295 e. The Bertz CT molecular complexity index is 800. The molecule has 2 aromatic carbocycles. The van der Waals surface area contributed by atoms with Crippen molar-refractivity contribution in [3.8, 4) is 0 Å². The van der Waals surface area contributed by atoms with E-state index in [1.54, 1.807) is 11.1 Å². The zero-order valence-electron chi connectivity index (χ0n) is 19.9. The fourth-order valence-electron chi connectivity index (χ4n) is 6.54. The van der Waals surface area contributed by atoms with E-state index in [9.17, 15) is 0 Å². The first-order valence-electron chi connectivity index (χ1n) is 12.6. The van der Waals surface area contributed by atoms with Crippen molar-refractivity contribution in [1.82, 2.24) is 10.6 Å². The molecule has 0 bridgehead atoms. The van der Waals surface area contributed by atoms with Crippen molar-refractivity contribution in [2.45, 2.75) is 64.2 Å². The quantitative estimate of drug-likeness (QED) is 0.583. The van der Waals surface area contributed by atoms with E-state index in [0.29, 0.717) is 5.92 Å².